The van der Waals surface area contributed by atoms with Gasteiger partial charge >= 0.3 is 6.03 Å². The third-order valence-corrected chi connectivity index (χ3v) is 5.40. The summed E-state index contributed by atoms with van der Waals surface area (Å²) in [5.41, 5.74) is 3.70. The third kappa shape index (κ3) is 5.26. The molecule has 0 atom stereocenters. The van der Waals surface area contributed by atoms with Gasteiger partial charge in [0, 0.05) is 12.2 Å². The number of ether oxygens (including phenoxy) is 1. The zero-order valence-corrected chi connectivity index (χ0v) is 18.7. The molecule has 3 amide bonds. The van der Waals surface area contributed by atoms with Crippen LogP contribution in [0.4, 0.5) is 16.2 Å². The Labute approximate surface area is 184 Å². The number of amides is 3. The number of benzene rings is 2. The fraction of sp³-hybridized carbons (Fsp3) is 0.360. The second kappa shape index (κ2) is 9.25. The first-order valence-electron chi connectivity index (χ1n) is 10.6. The van der Waals surface area contributed by atoms with E-state index in [-0.39, 0.29) is 18.5 Å². The lowest BCUT2D eigenvalue weighted by Crippen LogP contribution is -2.43. The number of nitrogens with zero attached hydrogens (tertiary/aromatic N) is 1. The molecule has 3 rings (SSSR count). The minimum atomic E-state index is -0.587. The summed E-state index contributed by atoms with van der Waals surface area (Å²) in [4.78, 5) is 26.8. The van der Waals surface area contributed by atoms with Crippen LogP contribution in [0.2, 0.25) is 0 Å². The Balaban J connectivity index is 1.75. The van der Waals surface area contributed by atoms with Crippen molar-refractivity contribution in [3.63, 3.8) is 0 Å². The van der Waals surface area contributed by atoms with Gasteiger partial charge in [-0.25, -0.2) is 4.79 Å². The quantitative estimate of drug-likeness (QED) is 0.637. The zero-order chi connectivity index (χ0) is 22.6. The number of fused-ring (bicyclic) bond motifs is 1. The molecule has 6 nitrogen and oxygen atoms in total. The summed E-state index contributed by atoms with van der Waals surface area (Å²) < 4.78 is 5.55. The van der Waals surface area contributed by atoms with Gasteiger partial charge in [-0.1, -0.05) is 43.7 Å². The van der Waals surface area contributed by atoms with Gasteiger partial charge in [0.2, 0.25) is 0 Å². The highest BCUT2D eigenvalue weighted by Crippen LogP contribution is 2.35. The van der Waals surface area contributed by atoms with Crippen molar-refractivity contribution in [1.29, 1.82) is 0 Å². The van der Waals surface area contributed by atoms with E-state index in [1.54, 1.807) is 23.1 Å². The van der Waals surface area contributed by atoms with Crippen LogP contribution in [0.3, 0.4) is 0 Å². The van der Waals surface area contributed by atoms with Gasteiger partial charge in [0.25, 0.3) is 5.91 Å². The molecule has 1 aliphatic heterocycles. The maximum absolute atomic E-state index is 12.8. The minimum Gasteiger partial charge on any atom is -0.482 e. The van der Waals surface area contributed by atoms with Crippen LogP contribution < -0.4 is 20.3 Å². The number of urea groups is 1. The van der Waals surface area contributed by atoms with E-state index in [2.05, 4.69) is 24.1 Å². The maximum atomic E-state index is 12.8. The fourth-order valence-corrected chi connectivity index (χ4v) is 3.53. The molecule has 6 heteroatoms. The molecular weight excluding hydrogens is 390 g/mol. The van der Waals surface area contributed by atoms with Crippen LogP contribution in [0, 0.1) is 0 Å². The van der Waals surface area contributed by atoms with Gasteiger partial charge in [0.1, 0.15) is 5.75 Å². The molecule has 0 unspecified atom stereocenters. The van der Waals surface area contributed by atoms with Gasteiger partial charge < -0.3 is 20.3 Å². The molecule has 0 spiro atoms. The number of hydrogen-bond donors (Lipinski definition) is 2. The van der Waals surface area contributed by atoms with Crippen LogP contribution in [0.25, 0.3) is 5.57 Å². The Morgan fingerprint density at radius 2 is 2.00 bits per heavy atom. The molecule has 2 N–H and O–H groups in total. The SMILES string of the molecule is C=C(C)c1cccc(C(C)(C)NC(=O)Nc2ccc3c(c2)N(CCCC)C(=O)CO3)c1. The lowest BCUT2D eigenvalue weighted by atomic mass is 9.92. The Bertz CT molecular complexity index is 997. The average Bonchev–Trinajstić information content (AvgIpc) is 2.72. The van der Waals surface area contributed by atoms with Crippen molar-refractivity contribution in [2.45, 2.75) is 46.1 Å². The van der Waals surface area contributed by atoms with E-state index in [1.807, 2.05) is 45.0 Å². The summed E-state index contributed by atoms with van der Waals surface area (Å²) in [7, 11) is 0. The van der Waals surface area contributed by atoms with Crippen molar-refractivity contribution < 1.29 is 14.3 Å². The molecule has 0 fully saturated rings. The van der Waals surface area contributed by atoms with Crippen LogP contribution in [-0.2, 0) is 10.3 Å². The second-order valence-electron chi connectivity index (χ2n) is 8.44. The van der Waals surface area contributed by atoms with Gasteiger partial charge in [-0.05, 0) is 62.6 Å². The average molecular weight is 422 g/mol. The van der Waals surface area contributed by atoms with Crippen molar-refractivity contribution in [2.24, 2.45) is 0 Å². The van der Waals surface area contributed by atoms with Crippen molar-refractivity contribution >= 4 is 28.9 Å². The first kappa shape index (κ1) is 22.4. The third-order valence-electron chi connectivity index (χ3n) is 5.40. The zero-order valence-electron chi connectivity index (χ0n) is 18.7. The molecule has 1 heterocycles. The van der Waals surface area contributed by atoms with Gasteiger partial charge in [-0.3, -0.25) is 4.79 Å². The monoisotopic (exact) mass is 421 g/mol. The number of hydrogen-bond acceptors (Lipinski definition) is 3. The number of carbonyl (C=O) groups excluding carboxylic acids is 2. The Hall–Kier alpha value is -3.28. The van der Waals surface area contributed by atoms with Crippen LogP contribution in [0.1, 0.15) is 51.7 Å². The predicted molar refractivity (Wildman–Crippen MR) is 126 cm³/mol. The highest BCUT2D eigenvalue weighted by molar-refractivity contribution is 5.99. The Kier molecular flexibility index (Phi) is 6.68. The molecule has 0 aromatic heterocycles. The molecule has 1 aliphatic rings. The van der Waals surface area contributed by atoms with E-state index in [0.717, 1.165) is 29.5 Å². The Morgan fingerprint density at radius 3 is 2.71 bits per heavy atom. The summed E-state index contributed by atoms with van der Waals surface area (Å²) in [6, 6.07) is 13.0. The summed E-state index contributed by atoms with van der Waals surface area (Å²) >= 11 is 0. The lowest BCUT2D eigenvalue weighted by Gasteiger charge is -2.30. The van der Waals surface area contributed by atoms with Crippen LogP contribution >= 0.6 is 0 Å². The molecule has 0 saturated carbocycles. The van der Waals surface area contributed by atoms with Crippen molar-refractivity contribution in [3.8, 4) is 5.75 Å². The molecule has 31 heavy (non-hydrogen) atoms. The normalized spacial score (nSPS) is 13.3. The van der Waals surface area contributed by atoms with E-state index >= 15 is 0 Å². The van der Waals surface area contributed by atoms with E-state index in [0.29, 0.717) is 23.7 Å². The largest absolute Gasteiger partial charge is 0.482 e. The number of rotatable bonds is 7. The molecule has 0 bridgehead atoms. The molecule has 164 valence electrons. The van der Waals surface area contributed by atoms with Gasteiger partial charge in [0.05, 0.1) is 11.2 Å². The number of carbonyl (C=O) groups is 2. The van der Waals surface area contributed by atoms with Gasteiger partial charge in [0.15, 0.2) is 6.61 Å². The maximum Gasteiger partial charge on any atom is 0.319 e. The second-order valence-corrected chi connectivity index (χ2v) is 8.44. The van der Waals surface area contributed by atoms with Crippen molar-refractivity contribution in [3.05, 3.63) is 60.2 Å². The van der Waals surface area contributed by atoms with Crippen LogP contribution in [0.15, 0.2) is 49.0 Å². The van der Waals surface area contributed by atoms with Gasteiger partial charge in [-0.15, -0.1) is 0 Å². The molecule has 0 radical (unpaired) electrons. The van der Waals surface area contributed by atoms with Crippen LogP contribution in [-0.4, -0.2) is 25.1 Å². The highest BCUT2D eigenvalue weighted by Gasteiger charge is 2.26. The summed E-state index contributed by atoms with van der Waals surface area (Å²) in [5.74, 6) is 0.583. The first-order valence-corrected chi connectivity index (χ1v) is 10.6. The van der Waals surface area contributed by atoms with E-state index in [1.165, 1.54) is 0 Å². The molecule has 2 aromatic rings. The highest BCUT2D eigenvalue weighted by atomic mass is 16.5. The molecule has 2 aromatic carbocycles. The number of anilines is 2. The lowest BCUT2D eigenvalue weighted by molar-refractivity contribution is -0.121. The number of nitrogens with one attached hydrogen (secondary N) is 2. The molecule has 0 aliphatic carbocycles. The first-order chi connectivity index (χ1) is 14.7. The number of unbranched alkanes of at least 4 members (excludes halogenated alkanes) is 1. The predicted octanol–water partition coefficient (Wildman–Crippen LogP) is 5.30. The topological polar surface area (TPSA) is 70.7 Å². The fourth-order valence-electron chi connectivity index (χ4n) is 3.53. The van der Waals surface area contributed by atoms with Gasteiger partial charge in [-0.2, -0.15) is 0 Å². The van der Waals surface area contributed by atoms with Crippen molar-refractivity contribution in [2.75, 3.05) is 23.4 Å². The van der Waals surface area contributed by atoms with E-state index < -0.39 is 5.54 Å². The summed E-state index contributed by atoms with van der Waals surface area (Å²) in [6.45, 7) is 12.6. The minimum absolute atomic E-state index is 0.0431. The van der Waals surface area contributed by atoms with E-state index in [9.17, 15) is 9.59 Å². The molecular formula is C25H31N3O3. The van der Waals surface area contributed by atoms with Crippen molar-refractivity contribution in [1.82, 2.24) is 5.32 Å². The van der Waals surface area contributed by atoms with E-state index in [4.69, 9.17) is 4.74 Å². The Morgan fingerprint density at radius 1 is 1.23 bits per heavy atom. The summed E-state index contributed by atoms with van der Waals surface area (Å²) in [6.07, 6.45) is 1.89. The summed E-state index contributed by atoms with van der Waals surface area (Å²) in [5, 5.41) is 5.92. The number of allylic oxidation sites excluding steroid dienone is 1. The smallest absolute Gasteiger partial charge is 0.319 e. The van der Waals surface area contributed by atoms with Crippen LogP contribution in [0.5, 0.6) is 5.75 Å². The molecule has 0 saturated heterocycles. The standard InChI is InChI=1S/C25H31N3O3/c1-6-7-13-28-21-15-20(11-12-22(21)31-16-23(28)29)26-24(30)27-25(4,5)19-10-8-9-18(14-19)17(2)3/h8-12,14-15H,2,6-7,13,16H2,1,3-5H3,(H2,26,27,30).